The van der Waals surface area contributed by atoms with Crippen molar-refractivity contribution in [1.29, 1.82) is 0 Å². The van der Waals surface area contributed by atoms with Gasteiger partial charge in [-0.15, -0.1) is 0 Å². The van der Waals surface area contributed by atoms with Crippen molar-refractivity contribution in [3.05, 3.63) is 0 Å². The summed E-state index contributed by atoms with van der Waals surface area (Å²) in [6.07, 6.45) is 1.73. The Balaban J connectivity index is 2.66. The molecule has 7 heteroatoms. The maximum atomic E-state index is 12.0. The van der Waals surface area contributed by atoms with Crippen molar-refractivity contribution in [3.8, 4) is 0 Å². The van der Waals surface area contributed by atoms with Crippen molar-refractivity contribution in [2.75, 3.05) is 26.7 Å². The summed E-state index contributed by atoms with van der Waals surface area (Å²) in [7, 11) is -2.14. The number of primary amides is 1. The number of carbonyl (C=O) groups is 1. The second kappa shape index (κ2) is 5.11. The molecule has 16 heavy (non-hydrogen) atoms. The number of nitrogens with two attached hydrogens (primary N) is 1. The van der Waals surface area contributed by atoms with Gasteiger partial charge in [-0.3, -0.25) is 4.79 Å². The standard InChI is InChI=1S/C9H19N3O3S/c1-8-3-5-12(6-4-8)16(14,15)11(2)7-9(10)13/h8H,3-7H2,1-2H3,(H2,10,13). The molecule has 0 aromatic heterocycles. The summed E-state index contributed by atoms with van der Waals surface area (Å²) in [5, 5.41) is 0. The smallest absolute Gasteiger partial charge is 0.282 e. The number of hydrogen-bond acceptors (Lipinski definition) is 3. The van der Waals surface area contributed by atoms with Crippen molar-refractivity contribution in [2.45, 2.75) is 19.8 Å². The van der Waals surface area contributed by atoms with Crippen LogP contribution in [0.15, 0.2) is 0 Å². The van der Waals surface area contributed by atoms with Gasteiger partial charge in [0.25, 0.3) is 10.2 Å². The second-order valence-corrected chi connectivity index (χ2v) is 6.35. The Hall–Kier alpha value is -0.660. The fourth-order valence-corrected chi connectivity index (χ4v) is 3.07. The first-order valence-corrected chi connectivity index (χ1v) is 6.73. The summed E-state index contributed by atoms with van der Waals surface area (Å²) in [5.74, 6) is -0.0793. The summed E-state index contributed by atoms with van der Waals surface area (Å²) in [4.78, 5) is 10.7. The van der Waals surface area contributed by atoms with Gasteiger partial charge in [-0.1, -0.05) is 6.92 Å². The highest BCUT2D eigenvalue weighted by Crippen LogP contribution is 2.19. The molecule has 2 N–H and O–H groups in total. The number of hydrogen-bond donors (Lipinski definition) is 1. The molecule has 94 valence electrons. The van der Waals surface area contributed by atoms with E-state index < -0.39 is 16.1 Å². The van der Waals surface area contributed by atoms with Gasteiger partial charge >= 0.3 is 0 Å². The lowest BCUT2D eigenvalue weighted by Gasteiger charge is -2.32. The monoisotopic (exact) mass is 249 g/mol. The van der Waals surface area contributed by atoms with Crippen molar-refractivity contribution >= 4 is 16.1 Å². The first kappa shape index (κ1) is 13.4. The van der Waals surface area contributed by atoms with Gasteiger partial charge in [0.2, 0.25) is 5.91 Å². The predicted octanol–water partition coefficient (Wildman–Crippen LogP) is -0.620. The van der Waals surface area contributed by atoms with Crippen LogP contribution in [0.5, 0.6) is 0 Å². The molecule has 0 spiro atoms. The summed E-state index contributed by atoms with van der Waals surface area (Å²) >= 11 is 0. The Morgan fingerprint density at radius 1 is 1.44 bits per heavy atom. The van der Waals surface area contributed by atoms with Gasteiger partial charge in [-0.2, -0.15) is 17.0 Å². The molecule has 0 aromatic rings. The molecule has 1 aliphatic heterocycles. The quantitative estimate of drug-likeness (QED) is 0.720. The number of piperidine rings is 1. The molecule has 1 rings (SSSR count). The molecule has 0 bridgehead atoms. The first-order chi connectivity index (χ1) is 7.34. The fraction of sp³-hybridized carbons (Fsp3) is 0.889. The molecule has 1 amide bonds. The number of carbonyl (C=O) groups excluding carboxylic acids is 1. The largest absolute Gasteiger partial charge is 0.369 e. The van der Waals surface area contributed by atoms with Gasteiger partial charge in [0, 0.05) is 20.1 Å². The highest BCUT2D eigenvalue weighted by Gasteiger charge is 2.30. The first-order valence-electron chi connectivity index (χ1n) is 5.33. The lowest BCUT2D eigenvalue weighted by molar-refractivity contribution is -0.118. The van der Waals surface area contributed by atoms with Crippen LogP contribution in [0, 0.1) is 5.92 Å². The van der Waals surface area contributed by atoms with E-state index in [0.29, 0.717) is 19.0 Å². The zero-order valence-corrected chi connectivity index (χ0v) is 10.5. The van der Waals surface area contributed by atoms with Crippen molar-refractivity contribution in [3.63, 3.8) is 0 Å². The van der Waals surface area contributed by atoms with E-state index in [1.165, 1.54) is 11.4 Å². The number of likely N-dealkylation sites (N-methyl/N-ethyl adjacent to an activating group) is 1. The van der Waals surface area contributed by atoms with Gasteiger partial charge in [0.15, 0.2) is 0 Å². The molecule has 0 aromatic carbocycles. The zero-order chi connectivity index (χ0) is 12.3. The van der Waals surface area contributed by atoms with E-state index in [1.807, 2.05) is 0 Å². The van der Waals surface area contributed by atoms with Crippen LogP contribution in [0.2, 0.25) is 0 Å². The third-order valence-electron chi connectivity index (χ3n) is 2.84. The third kappa shape index (κ3) is 3.16. The molecular weight excluding hydrogens is 230 g/mol. The van der Waals surface area contributed by atoms with Crippen molar-refractivity contribution in [1.82, 2.24) is 8.61 Å². The molecule has 0 radical (unpaired) electrons. The molecule has 6 nitrogen and oxygen atoms in total. The molecule has 0 atom stereocenters. The van der Waals surface area contributed by atoms with Gasteiger partial charge in [-0.25, -0.2) is 0 Å². The van der Waals surface area contributed by atoms with Crippen LogP contribution in [0.25, 0.3) is 0 Å². The maximum Gasteiger partial charge on any atom is 0.282 e. The molecule has 1 saturated heterocycles. The average Bonchev–Trinajstić information content (AvgIpc) is 2.17. The summed E-state index contributed by atoms with van der Waals surface area (Å²) in [5.41, 5.74) is 4.98. The summed E-state index contributed by atoms with van der Waals surface area (Å²) < 4.78 is 26.4. The molecule has 0 unspecified atom stereocenters. The average molecular weight is 249 g/mol. The topological polar surface area (TPSA) is 83.7 Å². The highest BCUT2D eigenvalue weighted by atomic mass is 32.2. The van der Waals surface area contributed by atoms with Crippen LogP contribution < -0.4 is 5.73 Å². The number of amides is 1. The Bertz CT molecular complexity index is 347. The van der Waals surface area contributed by atoms with Gasteiger partial charge in [0.1, 0.15) is 0 Å². The minimum atomic E-state index is -3.51. The van der Waals surface area contributed by atoms with Crippen molar-refractivity contribution in [2.24, 2.45) is 11.7 Å². The minimum absolute atomic E-state index is 0.269. The van der Waals surface area contributed by atoms with Gasteiger partial charge in [0.05, 0.1) is 6.54 Å². The van der Waals surface area contributed by atoms with Crippen LogP contribution in [0.4, 0.5) is 0 Å². The number of nitrogens with zero attached hydrogens (tertiary/aromatic N) is 2. The molecular formula is C9H19N3O3S. The lowest BCUT2D eigenvalue weighted by atomic mass is 10.0. The van der Waals surface area contributed by atoms with Gasteiger partial charge in [-0.05, 0) is 18.8 Å². The maximum absolute atomic E-state index is 12.0. The number of rotatable bonds is 4. The van der Waals surface area contributed by atoms with E-state index in [2.05, 4.69) is 6.92 Å². The van der Waals surface area contributed by atoms with E-state index in [9.17, 15) is 13.2 Å². The molecule has 1 aliphatic rings. The minimum Gasteiger partial charge on any atom is -0.369 e. The third-order valence-corrected chi connectivity index (χ3v) is 4.78. The summed E-state index contributed by atoms with van der Waals surface area (Å²) in [6.45, 7) is 2.88. The SMILES string of the molecule is CC1CCN(S(=O)(=O)N(C)CC(N)=O)CC1. The van der Waals surface area contributed by atoms with E-state index in [0.717, 1.165) is 17.1 Å². The van der Waals surface area contributed by atoms with E-state index >= 15 is 0 Å². The zero-order valence-electron chi connectivity index (χ0n) is 9.72. The molecule has 1 heterocycles. The van der Waals surface area contributed by atoms with Crippen LogP contribution in [0.3, 0.4) is 0 Å². The Morgan fingerprint density at radius 3 is 2.38 bits per heavy atom. The van der Waals surface area contributed by atoms with Crippen LogP contribution >= 0.6 is 0 Å². The van der Waals surface area contributed by atoms with Crippen molar-refractivity contribution < 1.29 is 13.2 Å². The van der Waals surface area contributed by atoms with Crippen LogP contribution in [-0.4, -0.2) is 49.6 Å². The van der Waals surface area contributed by atoms with Crippen LogP contribution in [0.1, 0.15) is 19.8 Å². The van der Waals surface area contributed by atoms with Crippen LogP contribution in [-0.2, 0) is 15.0 Å². The Morgan fingerprint density at radius 2 is 1.94 bits per heavy atom. The predicted molar refractivity (Wildman–Crippen MR) is 60.7 cm³/mol. The van der Waals surface area contributed by atoms with E-state index in [4.69, 9.17) is 5.73 Å². The lowest BCUT2D eigenvalue weighted by Crippen LogP contribution is -2.47. The normalized spacial score (nSPS) is 20.2. The Labute approximate surface area is 96.6 Å². The summed E-state index contributed by atoms with van der Waals surface area (Å²) in [6, 6.07) is 0. The molecule has 0 aliphatic carbocycles. The van der Waals surface area contributed by atoms with Gasteiger partial charge < -0.3 is 5.73 Å². The Kier molecular flexibility index (Phi) is 4.28. The fourth-order valence-electron chi connectivity index (χ4n) is 1.71. The second-order valence-electron chi connectivity index (χ2n) is 4.31. The van der Waals surface area contributed by atoms with E-state index in [1.54, 1.807) is 0 Å². The van der Waals surface area contributed by atoms with E-state index in [-0.39, 0.29) is 6.54 Å². The molecule has 1 fully saturated rings. The highest BCUT2D eigenvalue weighted by molar-refractivity contribution is 7.86. The molecule has 0 saturated carbocycles.